The van der Waals surface area contributed by atoms with Gasteiger partial charge in [-0.1, -0.05) is 12.2 Å². The van der Waals surface area contributed by atoms with Crippen molar-refractivity contribution < 1.29 is 9.53 Å². The molecule has 1 aliphatic heterocycles. The van der Waals surface area contributed by atoms with E-state index in [0.29, 0.717) is 16.7 Å². The maximum Gasteiger partial charge on any atom is 0.356 e. The second kappa shape index (κ2) is 4.80. The van der Waals surface area contributed by atoms with Crippen molar-refractivity contribution in [1.82, 2.24) is 20.1 Å². The van der Waals surface area contributed by atoms with Crippen LogP contribution in [0, 0.1) is 0 Å². The van der Waals surface area contributed by atoms with Gasteiger partial charge in [0.2, 0.25) is 0 Å². The van der Waals surface area contributed by atoms with Crippen LogP contribution in [-0.4, -0.2) is 46.8 Å². The predicted molar refractivity (Wildman–Crippen MR) is 75.0 cm³/mol. The summed E-state index contributed by atoms with van der Waals surface area (Å²) in [5.74, 6) is -0.446. The third kappa shape index (κ3) is 2.05. The Hall–Kier alpha value is -2.63. The van der Waals surface area contributed by atoms with Crippen molar-refractivity contribution in [3.05, 3.63) is 41.9 Å². The first-order chi connectivity index (χ1) is 9.69. The van der Waals surface area contributed by atoms with E-state index in [-0.39, 0.29) is 0 Å². The molecule has 6 nitrogen and oxygen atoms in total. The number of hydrogen-bond donors (Lipinski definition) is 1. The minimum absolute atomic E-state index is 0.326. The highest BCUT2D eigenvalue weighted by atomic mass is 16.5. The lowest BCUT2D eigenvalue weighted by molar-refractivity contribution is 0.0596. The SMILES string of the molecule is COC(=O)c1[nH]nc2nc(C3=CN(C)CC=C3)ccc12. The molecule has 3 rings (SSSR count). The van der Waals surface area contributed by atoms with Crippen LogP contribution in [0.5, 0.6) is 0 Å². The van der Waals surface area contributed by atoms with Crippen LogP contribution < -0.4 is 0 Å². The fraction of sp³-hybridized carbons (Fsp3) is 0.214. The second-order valence-corrected chi connectivity index (χ2v) is 4.58. The highest BCUT2D eigenvalue weighted by Gasteiger charge is 2.15. The lowest BCUT2D eigenvalue weighted by Gasteiger charge is -2.17. The number of ether oxygens (including phenoxy) is 1. The molecule has 6 heteroatoms. The first-order valence-electron chi connectivity index (χ1n) is 6.21. The molecule has 0 atom stereocenters. The smallest absolute Gasteiger partial charge is 0.356 e. The Morgan fingerprint density at radius 2 is 2.30 bits per heavy atom. The number of allylic oxidation sites excluding steroid dienone is 2. The number of rotatable bonds is 2. The summed E-state index contributed by atoms with van der Waals surface area (Å²) in [6.07, 6.45) is 6.13. The molecule has 0 amide bonds. The molecule has 0 fully saturated rings. The molecule has 2 aromatic heterocycles. The minimum atomic E-state index is -0.446. The van der Waals surface area contributed by atoms with E-state index in [1.54, 1.807) is 0 Å². The Bertz CT molecular complexity index is 730. The average molecular weight is 270 g/mol. The van der Waals surface area contributed by atoms with Crippen molar-refractivity contribution in [2.75, 3.05) is 20.7 Å². The topological polar surface area (TPSA) is 71.1 Å². The largest absolute Gasteiger partial charge is 0.464 e. The van der Waals surface area contributed by atoms with Crippen LogP contribution in [0.3, 0.4) is 0 Å². The van der Waals surface area contributed by atoms with Crippen LogP contribution in [0.15, 0.2) is 30.5 Å². The monoisotopic (exact) mass is 270 g/mol. The molecule has 1 aliphatic rings. The fourth-order valence-corrected chi connectivity index (χ4v) is 2.15. The van der Waals surface area contributed by atoms with Gasteiger partial charge in [-0.3, -0.25) is 5.10 Å². The normalized spacial score (nSPS) is 14.5. The Kier molecular flexibility index (Phi) is 2.98. The molecule has 1 N–H and O–H groups in total. The first-order valence-corrected chi connectivity index (χ1v) is 6.21. The number of pyridine rings is 1. The van der Waals surface area contributed by atoms with Gasteiger partial charge < -0.3 is 9.64 Å². The van der Waals surface area contributed by atoms with Gasteiger partial charge >= 0.3 is 5.97 Å². The van der Waals surface area contributed by atoms with Crippen molar-refractivity contribution in [2.45, 2.75) is 0 Å². The van der Waals surface area contributed by atoms with Crippen LogP contribution in [0.1, 0.15) is 16.2 Å². The van der Waals surface area contributed by atoms with Crippen LogP contribution in [-0.2, 0) is 4.74 Å². The zero-order valence-electron chi connectivity index (χ0n) is 11.3. The molecule has 3 heterocycles. The van der Waals surface area contributed by atoms with E-state index in [2.05, 4.69) is 26.2 Å². The van der Waals surface area contributed by atoms with Gasteiger partial charge in [0.1, 0.15) is 0 Å². The first kappa shape index (κ1) is 12.4. The van der Waals surface area contributed by atoms with Gasteiger partial charge in [-0.25, -0.2) is 9.78 Å². The highest BCUT2D eigenvalue weighted by Crippen LogP contribution is 2.21. The number of nitrogens with one attached hydrogen (secondary N) is 1. The van der Waals surface area contributed by atoms with E-state index in [0.717, 1.165) is 17.8 Å². The molecule has 102 valence electrons. The summed E-state index contributed by atoms with van der Waals surface area (Å²) in [6, 6.07) is 3.70. The number of H-pyrrole nitrogens is 1. The Morgan fingerprint density at radius 1 is 1.45 bits per heavy atom. The van der Waals surface area contributed by atoms with Crippen molar-refractivity contribution in [3.8, 4) is 0 Å². The lowest BCUT2D eigenvalue weighted by atomic mass is 10.1. The average Bonchev–Trinajstić information content (AvgIpc) is 2.89. The Labute approximate surface area is 115 Å². The Balaban J connectivity index is 2.04. The molecule has 20 heavy (non-hydrogen) atoms. The number of esters is 1. The van der Waals surface area contributed by atoms with E-state index in [4.69, 9.17) is 4.74 Å². The van der Waals surface area contributed by atoms with E-state index < -0.39 is 5.97 Å². The van der Waals surface area contributed by atoms with Crippen molar-refractivity contribution in [2.24, 2.45) is 0 Å². The molecule has 0 spiro atoms. The maximum atomic E-state index is 11.6. The zero-order valence-corrected chi connectivity index (χ0v) is 11.3. The maximum absolute atomic E-state index is 11.6. The summed E-state index contributed by atoms with van der Waals surface area (Å²) < 4.78 is 4.70. The summed E-state index contributed by atoms with van der Waals surface area (Å²) in [5, 5.41) is 7.39. The number of fused-ring (bicyclic) bond motifs is 1. The fourth-order valence-electron chi connectivity index (χ4n) is 2.15. The minimum Gasteiger partial charge on any atom is -0.464 e. The van der Waals surface area contributed by atoms with Crippen LogP contribution in [0.25, 0.3) is 16.6 Å². The van der Waals surface area contributed by atoms with E-state index >= 15 is 0 Å². The molecule has 2 aromatic rings. The predicted octanol–water partition coefficient (Wildman–Crippen LogP) is 1.59. The lowest BCUT2D eigenvalue weighted by Crippen LogP contribution is -2.13. The molecule has 0 aliphatic carbocycles. The van der Waals surface area contributed by atoms with Gasteiger partial charge in [0.25, 0.3) is 0 Å². The number of hydrogen-bond acceptors (Lipinski definition) is 5. The number of nitrogens with zero attached hydrogens (tertiary/aromatic N) is 3. The zero-order chi connectivity index (χ0) is 14.1. The summed E-state index contributed by atoms with van der Waals surface area (Å²) in [6.45, 7) is 0.890. The molecular weight excluding hydrogens is 256 g/mol. The molecule has 0 saturated heterocycles. The van der Waals surface area contributed by atoms with E-state index in [9.17, 15) is 4.79 Å². The number of aromatic amines is 1. The van der Waals surface area contributed by atoms with Crippen molar-refractivity contribution in [1.29, 1.82) is 0 Å². The van der Waals surface area contributed by atoms with Crippen molar-refractivity contribution in [3.63, 3.8) is 0 Å². The molecular formula is C14H14N4O2. The van der Waals surface area contributed by atoms with Gasteiger partial charge in [-0.2, -0.15) is 5.10 Å². The number of likely N-dealkylation sites (N-methyl/N-ethyl adjacent to an activating group) is 1. The number of aromatic nitrogens is 3. The third-order valence-corrected chi connectivity index (χ3v) is 3.15. The van der Waals surface area contributed by atoms with Gasteiger partial charge in [-0.15, -0.1) is 0 Å². The van der Waals surface area contributed by atoms with Gasteiger partial charge in [-0.05, 0) is 12.1 Å². The summed E-state index contributed by atoms with van der Waals surface area (Å²) in [7, 11) is 3.34. The van der Waals surface area contributed by atoms with Crippen LogP contribution >= 0.6 is 0 Å². The standard InChI is InChI=1S/C14H14N4O2/c1-18-7-3-4-9(8-18)11-6-5-10-12(14(19)20-2)16-17-13(10)15-11/h3-6,8H,7H2,1-2H3,(H,15,16,17). The van der Waals surface area contributed by atoms with E-state index in [1.165, 1.54) is 7.11 Å². The summed E-state index contributed by atoms with van der Waals surface area (Å²) >= 11 is 0. The number of carbonyl (C=O) groups excluding carboxylic acids is 1. The van der Waals surface area contributed by atoms with Crippen LogP contribution in [0.2, 0.25) is 0 Å². The molecule has 0 unspecified atom stereocenters. The quantitative estimate of drug-likeness (QED) is 0.839. The molecule has 0 radical (unpaired) electrons. The molecule has 0 bridgehead atoms. The molecule has 0 aromatic carbocycles. The highest BCUT2D eigenvalue weighted by molar-refractivity contribution is 6.01. The molecule has 0 saturated carbocycles. The van der Waals surface area contributed by atoms with Gasteiger partial charge in [0.05, 0.1) is 18.2 Å². The number of carbonyl (C=O) groups is 1. The number of methoxy groups -OCH3 is 1. The second-order valence-electron chi connectivity index (χ2n) is 4.58. The van der Waals surface area contributed by atoms with Gasteiger partial charge in [0.15, 0.2) is 11.3 Å². The van der Waals surface area contributed by atoms with Crippen molar-refractivity contribution >= 4 is 22.6 Å². The summed E-state index contributed by atoms with van der Waals surface area (Å²) in [5.41, 5.74) is 2.67. The Morgan fingerprint density at radius 3 is 3.05 bits per heavy atom. The third-order valence-electron chi connectivity index (χ3n) is 3.15. The van der Waals surface area contributed by atoms with Gasteiger partial charge in [0, 0.05) is 25.4 Å². The van der Waals surface area contributed by atoms with E-state index in [1.807, 2.05) is 31.5 Å². The summed E-state index contributed by atoms with van der Waals surface area (Å²) in [4.78, 5) is 18.1. The van der Waals surface area contributed by atoms with Crippen LogP contribution in [0.4, 0.5) is 0 Å².